The summed E-state index contributed by atoms with van der Waals surface area (Å²) < 4.78 is 5.52. The Bertz CT molecular complexity index is 1290. The van der Waals surface area contributed by atoms with Gasteiger partial charge < -0.3 is 10.1 Å². The Morgan fingerprint density at radius 2 is 1.79 bits per heavy atom. The third-order valence-electron chi connectivity index (χ3n) is 6.43. The smallest absolute Gasteiger partial charge is 0.416 e. The normalized spacial score (nSPS) is 18.8. The molecule has 0 spiro atoms. The number of amides is 1. The van der Waals surface area contributed by atoms with Gasteiger partial charge in [0.1, 0.15) is 18.0 Å². The van der Waals surface area contributed by atoms with Gasteiger partial charge in [-0.3, -0.25) is 0 Å². The molecule has 1 saturated heterocycles. The first-order valence-corrected chi connectivity index (χ1v) is 11.2. The lowest BCUT2D eigenvalue weighted by Crippen LogP contribution is -2.45. The van der Waals surface area contributed by atoms with E-state index in [1.807, 2.05) is 42.5 Å². The maximum Gasteiger partial charge on any atom is 0.416 e. The van der Waals surface area contributed by atoms with E-state index in [9.17, 15) is 4.79 Å². The third-order valence-corrected chi connectivity index (χ3v) is 6.43. The van der Waals surface area contributed by atoms with E-state index in [0.29, 0.717) is 18.2 Å². The summed E-state index contributed by atoms with van der Waals surface area (Å²) in [5, 5.41) is 5.78. The van der Waals surface area contributed by atoms with Crippen molar-refractivity contribution in [3.05, 3.63) is 96.2 Å². The van der Waals surface area contributed by atoms with Crippen molar-refractivity contribution in [1.29, 1.82) is 0 Å². The molecule has 1 aliphatic rings. The fraction of sp³-hybridized carbons (Fsp3) is 0.222. The van der Waals surface area contributed by atoms with E-state index in [1.54, 1.807) is 17.2 Å². The maximum absolute atomic E-state index is 12.8. The van der Waals surface area contributed by atoms with Crippen molar-refractivity contribution >= 4 is 28.6 Å². The second-order valence-corrected chi connectivity index (χ2v) is 8.35. The van der Waals surface area contributed by atoms with Crippen molar-refractivity contribution < 1.29 is 9.53 Å². The van der Waals surface area contributed by atoms with E-state index in [2.05, 4.69) is 54.5 Å². The summed E-state index contributed by atoms with van der Waals surface area (Å²) in [6, 6.07) is 26.4. The molecule has 1 aliphatic heterocycles. The lowest BCUT2D eigenvalue weighted by atomic mass is 9.87. The number of aromatic nitrogens is 2. The van der Waals surface area contributed by atoms with Gasteiger partial charge in [-0.05, 0) is 47.4 Å². The van der Waals surface area contributed by atoms with E-state index in [4.69, 9.17) is 9.72 Å². The van der Waals surface area contributed by atoms with Crippen LogP contribution in [-0.2, 0) is 10.3 Å². The standard InChI is InChI=1S/C27H26N4O2/c1-3-27(23-11-5-4-6-12-23)18-33-26(32)31(27)24-15-16-28-25(30-24)29-19(2)21-14-13-20-9-7-8-10-22(20)17-21/h4-17,19H,3,18H2,1-2H3,(H,28,29,30). The van der Waals surface area contributed by atoms with Crippen LogP contribution in [0, 0.1) is 0 Å². The molecule has 33 heavy (non-hydrogen) atoms. The van der Waals surface area contributed by atoms with Crippen LogP contribution in [-0.4, -0.2) is 22.7 Å². The first-order valence-electron chi connectivity index (χ1n) is 11.2. The molecule has 1 N–H and O–H groups in total. The Morgan fingerprint density at radius 3 is 2.58 bits per heavy atom. The number of carbonyl (C=O) groups excluding carboxylic acids is 1. The van der Waals surface area contributed by atoms with Crippen LogP contribution < -0.4 is 10.2 Å². The molecule has 3 aromatic carbocycles. The van der Waals surface area contributed by atoms with Gasteiger partial charge in [-0.1, -0.05) is 73.7 Å². The quantitative estimate of drug-likeness (QED) is 0.396. The zero-order valence-electron chi connectivity index (χ0n) is 18.7. The molecule has 6 heteroatoms. The second-order valence-electron chi connectivity index (χ2n) is 8.35. The monoisotopic (exact) mass is 438 g/mol. The van der Waals surface area contributed by atoms with Gasteiger partial charge in [-0.2, -0.15) is 4.98 Å². The molecule has 2 unspecified atom stereocenters. The molecule has 2 heterocycles. The molecule has 0 aliphatic carbocycles. The number of cyclic esters (lactones) is 1. The van der Waals surface area contributed by atoms with Crippen LogP contribution in [0.3, 0.4) is 0 Å². The molecule has 0 radical (unpaired) electrons. The summed E-state index contributed by atoms with van der Waals surface area (Å²) in [4.78, 5) is 23.6. The number of hydrogen-bond acceptors (Lipinski definition) is 5. The minimum Gasteiger partial charge on any atom is -0.446 e. The summed E-state index contributed by atoms with van der Waals surface area (Å²) in [5.41, 5.74) is 1.56. The SMILES string of the molecule is CCC1(c2ccccc2)COC(=O)N1c1ccnc(NC(C)c2ccc3ccccc3c2)n1. The summed E-state index contributed by atoms with van der Waals surface area (Å²) in [5.74, 6) is 0.984. The van der Waals surface area contributed by atoms with Gasteiger partial charge >= 0.3 is 6.09 Å². The van der Waals surface area contributed by atoms with E-state index >= 15 is 0 Å². The number of nitrogens with one attached hydrogen (secondary N) is 1. The number of anilines is 2. The Hall–Kier alpha value is -3.93. The van der Waals surface area contributed by atoms with Gasteiger partial charge in [0.05, 0.1) is 6.04 Å². The topological polar surface area (TPSA) is 67.3 Å². The summed E-state index contributed by atoms with van der Waals surface area (Å²) in [6.07, 6.45) is 1.98. The van der Waals surface area contributed by atoms with Gasteiger partial charge in [-0.25, -0.2) is 14.7 Å². The largest absolute Gasteiger partial charge is 0.446 e. The van der Waals surface area contributed by atoms with Crippen molar-refractivity contribution in [2.24, 2.45) is 0 Å². The van der Waals surface area contributed by atoms with Crippen molar-refractivity contribution in [2.45, 2.75) is 31.8 Å². The molecule has 4 aromatic rings. The number of benzene rings is 3. The molecule has 1 amide bonds. The highest BCUT2D eigenvalue weighted by molar-refractivity contribution is 5.91. The fourth-order valence-corrected chi connectivity index (χ4v) is 4.52. The lowest BCUT2D eigenvalue weighted by Gasteiger charge is -2.34. The van der Waals surface area contributed by atoms with Crippen molar-refractivity contribution in [3.63, 3.8) is 0 Å². The van der Waals surface area contributed by atoms with Crippen LogP contribution in [0.25, 0.3) is 10.8 Å². The Labute approximate surface area is 193 Å². The van der Waals surface area contributed by atoms with Gasteiger partial charge in [0, 0.05) is 6.20 Å². The average molecular weight is 439 g/mol. The van der Waals surface area contributed by atoms with Crippen LogP contribution in [0.15, 0.2) is 85.1 Å². The summed E-state index contributed by atoms with van der Waals surface area (Å²) in [6.45, 7) is 4.42. The molecule has 2 atom stereocenters. The molecular weight excluding hydrogens is 412 g/mol. The maximum atomic E-state index is 12.8. The first-order chi connectivity index (χ1) is 16.1. The molecular formula is C27H26N4O2. The molecule has 1 fully saturated rings. The van der Waals surface area contributed by atoms with Crippen LogP contribution in [0.2, 0.25) is 0 Å². The molecule has 166 valence electrons. The Morgan fingerprint density at radius 1 is 1.03 bits per heavy atom. The molecule has 0 bridgehead atoms. The fourth-order valence-electron chi connectivity index (χ4n) is 4.52. The predicted octanol–water partition coefficient (Wildman–Crippen LogP) is 6.07. The predicted molar refractivity (Wildman–Crippen MR) is 130 cm³/mol. The lowest BCUT2D eigenvalue weighted by molar-refractivity contribution is 0.172. The average Bonchev–Trinajstić information content (AvgIpc) is 3.21. The highest BCUT2D eigenvalue weighted by Gasteiger charge is 2.49. The molecule has 0 saturated carbocycles. The number of hydrogen-bond donors (Lipinski definition) is 1. The zero-order chi connectivity index (χ0) is 22.8. The van der Waals surface area contributed by atoms with Gasteiger partial charge in [-0.15, -0.1) is 0 Å². The molecule has 5 rings (SSSR count). The van der Waals surface area contributed by atoms with Gasteiger partial charge in [0.2, 0.25) is 5.95 Å². The Balaban J connectivity index is 1.45. The minimum atomic E-state index is -0.603. The van der Waals surface area contributed by atoms with E-state index in [-0.39, 0.29) is 12.6 Å². The number of nitrogens with zero attached hydrogens (tertiary/aromatic N) is 3. The van der Waals surface area contributed by atoms with Crippen LogP contribution >= 0.6 is 0 Å². The summed E-state index contributed by atoms with van der Waals surface area (Å²) in [7, 11) is 0. The van der Waals surface area contributed by atoms with Crippen molar-refractivity contribution in [1.82, 2.24) is 9.97 Å². The van der Waals surface area contributed by atoms with Crippen molar-refractivity contribution in [3.8, 4) is 0 Å². The van der Waals surface area contributed by atoms with Crippen LogP contribution in [0.5, 0.6) is 0 Å². The Kier molecular flexibility index (Phi) is 5.42. The second kappa shape index (κ2) is 8.54. The third kappa shape index (κ3) is 3.78. The van der Waals surface area contributed by atoms with E-state index in [0.717, 1.165) is 11.1 Å². The zero-order valence-corrected chi connectivity index (χ0v) is 18.7. The van der Waals surface area contributed by atoms with Gasteiger partial charge in [0.15, 0.2) is 0 Å². The van der Waals surface area contributed by atoms with E-state index < -0.39 is 11.6 Å². The summed E-state index contributed by atoms with van der Waals surface area (Å²) >= 11 is 0. The van der Waals surface area contributed by atoms with E-state index in [1.165, 1.54) is 10.8 Å². The highest BCUT2D eigenvalue weighted by atomic mass is 16.6. The number of ether oxygens (including phenoxy) is 1. The van der Waals surface area contributed by atoms with Crippen molar-refractivity contribution in [2.75, 3.05) is 16.8 Å². The minimum absolute atomic E-state index is 0.0135. The number of rotatable bonds is 6. The highest BCUT2D eigenvalue weighted by Crippen LogP contribution is 2.40. The van der Waals surface area contributed by atoms with Crippen LogP contribution in [0.4, 0.5) is 16.6 Å². The molecule has 6 nitrogen and oxygen atoms in total. The van der Waals surface area contributed by atoms with Gasteiger partial charge in [0.25, 0.3) is 0 Å². The number of fused-ring (bicyclic) bond motifs is 1. The van der Waals surface area contributed by atoms with Crippen LogP contribution in [0.1, 0.15) is 37.4 Å². The number of carbonyl (C=O) groups is 1. The first kappa shape index (κ1) is 20.9. The molecule has 1 aromatic heterocycles.